The van der Waals surface area contributed by atoms with Crippen LogP contribution in [0.2, 0.25) is 0 Å². The van der Waals surface area contributed by atoms with Crippen LogP contribution >= 0.6 is 0 Å². The number of carbonyl (C=O) groups is 4. The van der Waals surface area contributed by atoms with Gasteiger partial charge in [-0.05, 0) is 42.5 Å². The van der Waals surface area contributed by atoms with E-state index in [9.17, 15) is 19.2 Å². The highest BCUT2D eigenvalue weighted by Crippen LogP contribution is 2.40. The zero-order valence-electron chi connectivity index (χ0n) is 17.4. The number of nitrogens with two attached hydrogens (primary N) is 1. The van der Waals surface area contributed by atoms with Crippen LogP contribution in [-0.4, -0.2) is 65.6 Å². The normalized spacial score (nSPS) is 30.8. The van der Waals surface area contributed by atoms with E-state index in [-0.39, 0.29) is 30.1 Å². The number of hydrogen-bond donors (Lipinski definition) is 3. The molecule has 4 aliphatic heterocycles. The molecular weight excluding hydrogens is 398 g/mol. The average Bonchev–Trinajstić information content (AvgIpc) is 3.26. The highest BCUT2D eigenvalue weighted by molar-refractivity contribution is 6.05. The van der Waals surface area contributed by atoms with Gasteiger partial charge in [-0.15, -0.1) is 0 Å². The lowest BCUT2D eigenvalue weighted by Gasteiger charge is -2.36. The molecule has 0 aromatic heterocycles. The van der Waals surface area contributed by atoms with Crippen LogP contribution in [0.3, 0.4) is 0 Å². The molecule has 164 valence electrons. The largest absolute Gasteiger partial charge is 0.369 e. The fraction of sp³-hybridized carbons (Fsp3) is 0.545. The molecule has 0 spiro atoms. The van der Waals surface area contributed by atoms with Gasteiger partial charge >= 0.3 is 0 Å². The van der Waals surface area contributed by atoms with E-state index >= 15 is 0 Å². The highest BCUT2D eigenvalue weighted by Gasteiger charge is 2.51. The first-order chi connectivity index (χ1) is 14.9. The summed E-state index contributed by atoms with van der Waals surface area (Å²) in [4.78, 5) is 52.6. The van der Waals surface area contributed by atoms with E-state index in [1.54, 1.807) is 4.90 Å². The molecule has 3 fully saturated rings. The van der Waals surface area contributed by atoms with Crippen molar-refractivity contribution in [1.82, 2.24) is 20.4 Å². The summed E-state index contributed by atoms with van der Waals surface area (Å²) in [6, 6.07) is 5.19. The minimum absolute atomic E-state index is 0.165. The number of primary amides is 1. The molecule has 3 saturated heterocycles. The summed E-state index contributed by atoms with van der Waals surface area (Å²) in [5.41, 5.74) is 7.87. The minimum Gasteiger partial charge on any atom is -0.369 e. The zero-order valence-corrected chi connectivity index (χ0v) is 17.4. The number of nitrogens with zero attached hydrogens (tertiary/aromatic N) is 2. The van der Waals surface area contributed by atoms with Crippen molar-refractivity contribution in [3.05, 3.63) is 34.9 Å². The predicted molar refractivity (Wildman–Crippen MR) is 110 cm³/mol. The van der Waals surface area contributed by atoms with E-state index in [0.717, 1.165) is 30.6 Å². The van der Waals surface area contributed by atoms with E-state index in [2.05, 4.69) is 15.5 Å². The van der Waals surface area contributed by atoms with E-state index in [1.165, 1.54) is 0 Å². The van der Waals surface area contributed by atoms with Gasteiger partial charge in [0.2, 0.25) is 17.7 Å². The monoisotopic (exact) mass is 425 g/mol. The van der Waals surface area contributed by atoms with E-state index in [0.29, 0.717) is 38.2 Å². The Morgan fingerprint density at radius 1 is 1.23 bits per heavy atom. The summed E-state index contributed by atoms with van der Waals surface area (Å²) in [6.07, 6.45) is 1.54. The molecule has 0 radical (unpaired) electrons. The van der Waals surface area contributed by atoms with Crippen molar-refractivity contribution in [2.45, 2.75) is 38.4 Å². The van der Waals surface area contributed by atoms with Gasteiger partial charge in [-0.25, -0.2) is 0 Å². The SMILES string of the molecule is NC(=O)C12CNCCC1CN(Cc1ccc3c(c1)CN(C1CCC(=O)NC1=O)C3=O)C2. The number of rotatable bonds is 4. The Kier molecular flexibility index (Phi) is 4.82. The smallest absolute Gasteiger partial charge is 0.255 e. The molecule has 0 saturated carbocycles. The van der Waals surface area contributed by atoms with E-state index in [4.69, 9.17) is 5.73 Å². The number of fused-ring (bicyclic) bond motifs is 2. The van der Waals surface area contributed by atoms with Gasteiger partial charge in [-0.1, -0.05) is 12.1 Å². The molecule has 3 unspecified atom stereocenters. The van der Waals surface area contributed by atoms with Gasteiger partial charge in [-0.2, -0.15) is 0 Å². The van der Waals surface area contributed by atoms with Crippen molar-refractivity contribution in [3.63, 3.8) is 0 Å². The fourth-order valence-electron chi connectivity index (χ4n) is 5.71. The molecule has 31 heavy (non-hydrogen) atoms. The summed E-state index contributed by atoms with van der Waals surface area (Å²) in [6.45, 7) is 4.06. The van der Waals surface area contributed by atoms with Crippen molar-refractivity contribution in [3.8, 4) is 0 Å². The molecule has 5 rings (SSSR count). The predicted octanol–water partition coefficient (Wildman–Crippen LogP) is -0.656. The number of hydrogen-bond acceptors (Lipinski definition) is 6. The minimum atomic E-state index is -0.606. The highest BCUT2D eigenvalue weighted by atomic mass is 16.2. The maximum atomic E-state index is 12.9. The third-order valence-electron chi connectivity index (χ3n) is 7.36. The zero-order chi connectivity index (χ0) is 21.8. The van der Waals surface area contributed by atoms with Gasteiger partial charge in [0.25, 0.3) is 5.91 Å². The van der Waals surface area contributed by atoms with Crippen molar-refractivity contribution < 1.29 is 19.2 Å². The molecule has 0 bridgehead atoms. The van der Waals surface area contributed by atoms with Gasteiger partial charge in [0.05, 0.1) is 5.41 Å². The lowest BCUT2D eigenvalue weighted by atomic mass is 9.73. The van der Waals surface area contributed by atoms with Crippen molar-refractivity contribution in [2.24, 2.45) is 17.1 Å². The standard InChI is InChI=1S/C22H27N5O4/c23-21(31)22-11-24-6-5-15(22)10-26(12-22)8-13-1-2-16-14(7-13)9-27(20(16)30)17-3-4-18(28)25-19(17)29/h1-2,7,15,17,24H,3-6,8-12H2,(H2,23,31)(H,25,28,29). The van der Waals surface area contributed by atoms with Crippen molar-refractivity contribution in [2.75, 3.05) is 26.2 Å². The number of carbonyl (C=O) groups excluding carboxylic acids is 4. The number of imide groups is 1. The van der Waals surface area contributed by atoms with Crippen LogP contribution in [0.25, 0.3) is 0 Å². The maximum absolute atomic E-state index is 12.9. The van der Waals surface area contributed by atoms with Crippen molar-refractivity contribution in [1.29, 1.82) is 0 Å². The average molecular weight is 425 g/mol. The third-order valence-corrected chi connectivity index (χ3v) is 7.36. The second-order valence-corrected chi connectivity index (χ2v) is 9.24. The summed E-state index contributed by atoms with van der Waals surface area (Å²) >= 11 is 0. The van der Waals surface area contributed by atoms with Gasteiger partial charge in [0.15, 0.2) is 0 Å². The van der Waals surface area contributed by atoms with Crippen LogP contribution in [0.1, 0.15) is 40.7 Å². The third kappa shape index (κ3) is 3.32. The summed E-state index contributed by atoms with van der Waals surface area (Å²) in [5, 5.41) is 5.65. The molecule has 4 amide bonds. The molecule has 1 aromatic carbocycles. The van der Waals surface area contributed by atoms with E-state index < -0.39 is 17.4 Å². The van der Waals surface area contributed by atoms with E-state index in [1.807, 2.05) is 18.2 Å². The second-order valence-electron chi connectivity index (χ2n) is 9.24. The molecular formula is C22H27N5O4. The fourth-order valence-corrected chi connectivity index (χ4v) is 5.71. The molecule has 4 aliphatic rings. The Balaban J connectivity index is 1.30. The number of likely N-dealkylation sites (tertiary alicyclic amines) is 1. The van der Waals surface area contributed by atoms with Gasteiger partial charge < -0.3 is 16.0 Å². The van der Waals surface area contributed by atoms with Crippen LogP contribution in [0.5, 0.6) is 0 Å². The molecule has 9 nitrogen and oxygen atoms in total. The Bertz CT molecular complexity index is 979. The van der Waals surface area contributed by atoms with Gasteiger partial charge in [-0.3, -0.25) is 29.4 Å². The Morgan fingerprint density at radius 2 is 2.06 bits per heavy atom. The topological polar surface area (TPSA) is 125 Å². The number of amides is 4. The van der Waals surface area contributed by atoms with Crippen LogP contribution < -0.4 is 16.4 Å². The first-order valence-electron chi connectivity index (χ1n) is 10.9. The Hall–Kier alpha value is -2.78. The first kappa shape index (κ1) is 20.1. The molecule has 1 aromatic rings. The number of benzene rings is 1. The molecule has 9 heteroatoms. The van der Waals surface area contributed by atoms with Gasteiger partial charge in [0.1, 0.15) is 6.04 Å². The van der Waals surface area contributed by atoms with Crippen LogP contribution in [-0.2, 0) is 27.5 Å². The molecule has 3 atom stereocenters. The number of piperidine rings is 2. The summed E-state index contributed by atoms with van der Waals surface area (Å²) in [5.74, 6) is -0.815. The number of nitrogens with one attached hydrogen (secondary N) is 2. The van der Waals surface area contributed by atoms with Crippen LogP contribution in [0.4, 0.5) is 0 Å². The summed E-state index contributed by atoms with van der Waals surface area (Å²) in [7, 11) is 0. The quantitative estimate of drug-likeness (QED) is 0.551. The van der Waals surface area contributed by atoms with Crippen molar-refractivity contribution >= 4 is 23.6 Å². The Morgan fingerprint density at radius 3 is 2.81 bits per heavy atom. The Labute approximate surface area is 180 Å². The lowest BCUT2D eigenvalue weighted by molar-refractivity contribution is -0.137. The van der Waals surface area contributed by atoms with Crippen LogP contribution in [0.15, 0.2) is 18.2 Å². The molecule has 4 heterocycles. The maximum Gasteiger partial charge on any atom is 0.255 e. The summed E-state index contributed by atoms with van der Waals surface area (Å²) < 4.78 is 0. The molecule has 4 N–H and O–H groups in total. The second kappa shape index (κ2) is 7.42. The first-order valence-corrected chi connectivity index (χ1v) is 10.9. The van der Waals surface area contributed by atoms with Crippen LogP contribution in [0, 0.1) is 11.3 Å². The van der Waals surface area contributed by atoms with Gasteiger partial charge in [0, 0.05) is 44.7 Å². The molecule has 0 aliphatic carbocycles. The lowest BCUT2D eigenvalue weighted by Crippen LogP contribution is -2.54.